The quantitative estimate of drug-likeness (QED) is 0.397. The molecule has 0 bridgehead atoms. The van der Waals surface area contributed by atoms with Gasteiger partial charge in [0.2, 0.25) is 0 Å². The largest absolute Gasteiger partial charge is 0.481 e. The number of nitrogen functional groups attached to an aromatic ring is 1. The van der Waals surface area contributed by atoms with Crippen molar-refractivity contribution in [3.63, 3.8) is 0 Å². The molecule has 2 aromatic carbocycles. The zero-order valence-corrected chi connectivity index (χ0v) is 22.4. The number of hydrogen-bond acceptors (Lipinski definition) is 7. The molecule has 2 aromatic heterocycles. The van der Waals surface area contributed by atoms with Gasteiger partial charge in [0.05, 0.1) is 16.9 Å². The Hall–Kier alpha value is -3.69. The average molecular weight is 542 g/mol. The van der Waals surface area contributed by atoms with Crippen molar-refractivity contribution in [1.29, 1.82) is 0 Å². The van der Waals surface area contributed by atoms with Crippen molar-refractivity contribution in [2.24, 2.45) is 5.92 Å². The fourth-order valence-corrected chi connectivity index (χ4v) is 7.39. The minimum absolute atomic E-state index is 0.129. The van der Waals surface area contributed by atoms with E-state index in [0.29, 0.717) is 30.9 Å². The fourth-order valence-electron chi connectivity index (χ4n) is 6.11. The topological polar surface area (TPSA) is 103 Å². The summed E-state index contributed by atoms with van der Waals surface area (Å²) in [6.07, 6.45) is 9.85. The maximum absolute atomic E-state index is 11.8. The standard InChI is InChI=1S/C30H31N5O3S/c31-29-28-25(23-7-6-22-8-9-26(38-27(22)16-23)21-4-2-1-3-5-21)18-35(30(28)33-19-32-29)24-14-20(15-24)17-34-10-12-39(36,37)13-11-34/h1-9,16,18-20,24,26H,10-15,17H2,(H2,31,32,33). The molecule has 0 spiro atoms. The molecule has 0 radical (unpaired) electrons. The molecule has 2 fully saturated rings. The van der Waals surface area contributed by atoms with Crippen molar-refractivity contribution >= 4 is 32.8 Å². The zero-order chi connectivity index (χ0) is 26.6. The van der Waals surface area contributed by atoms with Gasteiger partial charge in [-0.1, -0.05) is 48.5 Å². The summed E-state index contributed by atoms with van der Waals surface area (Å²) in [6, 6.07) is 16.8. The van der Waals surface area contributed by atoms with Crippen LogP contribution in [0.25, 0.3) is 28.2 Å². The normalized spacial score (nSPS) is 24.2. The van der Waals surface area contributed by atoms with Gasteiger partial charge in [0.1, 0.15) is 29.6 Å². The third-order valence-electron chi connectivity index (χ3n) is 8.35. The van der Waals surface area contributed by atoms with Gasteiger partial charge >= 0.3 is 0 Å². The highest BCUT2D eigenvalue weighted by molar-refractivity contribution is 7.91. The molecule has 2 aliphatic heterocycles. The lowest BCUT2D eigenvalue weighted by atomic mass is 9.79. The summed E-state index contributed by atoms with van der Waals surface area (Å²) in [5.74, 6) is 2.41. The summed E-state index contributed by atoms with van der Waals surface area (Å²) in [5, 5.41) is 0.869. The van der Waals surface area contributed by atoms with Crippen LogP contribution in [0.3, 0.4) is 0 Å². The number of nitrogens with two attached hydrogens (primary N) is 1. The van der Waals surface area contributed by atoms with Gasteiger partial charge in [-0.25, -0.2) is 18.4 Å². The maximum Gasteiger partial charge on any atom is 0.152 e. The second-order valence-electron chi connectivity index (χ2n) is 10.9. The molecule has 2 N–H and O–H groups in total. The lowest BCUT2D eigenvalue weighted by Gasteiger charge is -2.40. The third kappa shape index (κ3) is 4.59. The molecule has 200 valence electrons. The first-order valence-electron chi connectivity index (χ1n) is 13.5. The Morgan fingerprint density at radius 3 is 2.62 bits per heavy atom. The Bertz CT molecular complexity index is 1660. The first-order chi connectivity index (χ1) is 18.9. The van der Waals surface area contributed by atoms with Gasteiger partial charge in [-0.2, -0.15) is 0 Å². The van der Waals surface area contributed by atoms with Crippen LogP contribution in [-0.4, -0.2) is 59.0 Å². The summed E-state index contributed by atoms with van der Waals surface area (Å²) >= 11 is 0. The van der Waals surface area contributed by atoms with E-state index < -0.39 is 9.84 Å². The van der Waals surface area contributed by atoms with Crippen LogP contribution in [0.15, 0.2) is 67.1 Å². The highest BCUT2D eigenvalue weighted by Crippen LogP contribution is 2.44. The van der Waals surface area contributed by atoms with Crippen LogP contribution in [0.2, 0.25) is 0 Å². The molecule has 1 saturated heterocycles. The average Bonchev–Trinajstić information content (AvgIpc) is 3.31. The van der Waals surface area contributed by atoms with E-state index in [0.717, 1.165) is 58.4 Å². The van der Waals surface area contributed by atoms with Crippen molar-refractivity contribution in [1.82, 2.24) is 19.4 Å². The Kier molecular flexibility index (Phi) is 5.93. The van der Waals surface area contributed by atoms with E-state index in [2.05, 4.69) is 68.1 Å². The molecule has 8 nitrogen and oxygen atoms in total. The van der Waals surface area contributed by atoms with Crippen LogP contribution in [0.4, 0.5) is 5.82 Å². The molecule has 1 aliphatic carbocycles. The van der Waals surface area contributed by atoms with Crippen molar-refractivity contribution in [3.05, 3.63) is 78.3 Å². The van der Waals surface area contributed by atoms with E-state index in [-0.39, 0.29) is 17.6 Å². The van der Waals surface area contributed by atoms with Crippen molar-refractivity contribution < 1.29 is 13.2 Å². The van der Waals surface area contributed by atoms with Crippen LogP contribution >= 0.6 is 0 Å². The van der Waals surface area contributed by atoms with Gasteiger partial charge in [0.15, 0.2) is 9.84 Å². The molecule has 9 heteroatoms. The predicted octanol–water partition coefficient (Wildman–Crippen LogP) is 4.51. The lowest BCUT2D eigenvalue weighted by molar-refractivity contribution is 0.136. The smallest absolute Gasteiger partial charge is 0.152 e. The van der Waals surface area contributed by atoms with Crippen molar-refractivity contribution in [3.8, 4) is 16.9 Å². The summed E-state index contributed by atoms with van der Waals surface area (Å²) in [7, 11) is -2.85. The first-order valence-corrected chi connectivity index (χ1v) is 15.3. The Labute approximate surface area is 228 Å². The number of fused-ring (bicyclic) bond motifs is 2. The van der Waals surface area contributed by atoms with Crippen LogP contribution in [-0.2, 0) is 9.84 Å². The third-order valence-corrected chi connectivity index (χ3v) is 9.96. The molecule has 3 aliphatic rings. The molecule has 1 unspecified atom stereocenters. The predicted molar refractivity (Wildman–Crippen MR) is 153 cm³/mol. The Morgan fingerprint density at radius 1 is 1.03 bits per heavy atom. The van der Waals surface area contributed by atoms with E-state index in [1.807, 2.05) is 18.2 Å². The van der Waals surface area contributed by atoms with Gasteiger partial charge < -0.3 is 19.9 Å². The van der Waals surface area contributed by atoms with E-state index in [9.17, 15) is 8.42 Å². The SMILES string of the molecule is Nc1ncnc2c1c(-c1ccc3c(c1)OC(c1ccccc1)C=C3)cn2C1CC(CN2CCS(=O)(=O)CC2)C1. The highest BCUT2D eigenvalue weighted by Gasteiger charge is 2.35. The molecular weight excluding hydrogens is 510 g/mol. The number of benzene rings is 2. The van der Waals surface area contributed by atoms with Gasteiger partial charge in [-0.15, -0.1) is 0 Å². The summed E-state index contributed by atoms with van der Waals surface area (Å²) < 4.78 is 32.2. The van der Waals surface area contributed by atoms with Crippen molar-refractivity contribution in [2.75, 3.05) is 36.9 Å². The first kappa shape index (κ1) is 24.4. The molecular formula is C30H31N5O3S. The fraction of sp³-hybridized carbons (Fsp3) is 0.333. The number of nitrogens with zero attached hydrogens (tertiary/aromatic N) is 4. The highest BCUT2D eigenvalue weighted by atomic mass is 32.2. The molecule has 0 amide bonds. The summed E-state index contributed by atoms with van der Waals surface area (Å²) in [5.41, 5.74) is 11.5. The molecule has 4 aromatic rings. The van der Waals surface area contributed by atoms with E-state index in [1.54, 1.807) is 0 Å². The minimum atomic E-state index is -2.85. The van der Waals surface area contributed by atoms with Gasteiger partial charge in [0.25, 0.3) is 0 Å². The molecule has 1 saturated carbocycles. The second-order valence-corrected chi connectivity index (χ2v) is 13.2. The van der Waals surface area contributed by atoms with Crippen LogP contribution in [0, 0.1) is 5.92 Å². The van der Waals surface area contributed by atoms with Crippen LogP contribution in [0.5, 0.6) is 5.75 Å². The Balaban J connectivity index is 1.14. The molecule has 1 atom stereocenters. The Morgan fingerprint density at radius 2 is 1.82 bits per heavy atom. The number of rotatable bonds is 5. The number of aromatic nitrogens is 3. The van der Waals surface area contributed by atoms with Crippen LogP contribution < -0.4 is 10.5 Å². The van der Waals surface area contributed by atoms with Crippen LogP contribution in [0.1, 0.15) is 36.1 Å². The number of anilines is 1. The van der Waals surface area contributed by atoms with Crippen molar-refractivity contribution in [2.45, 2.75) is 25.0 Å². The van der Waals surface area contributed by atoms with E-state index in [1.165, 1.54) is 6.33 Å². The van der Waals surface area contributed by atoms with Gasteiger partial charge in [0, 0.05) is 43.0 Å². The zero-order valence-electron chi connectivity index (χ0n) is 21.6. The number of sulfone groups is 1. The number of ether oxygens (including phenoxy) is 1. The number of hydrogen-bond donors (Lipinski definition) is 1. The van der Waals surface area contributed by atoms with E-state index in [4.69, 9.17) is 10.5 Å². The summed E-state index contributed by atoms with van der Waals surface area (Å²) in [4.78, 5) is 11.2. The maximum atomic E-state index is 11.8. The summed E-state index contributed by atoms with van der Waals surface area (Å²) in [6.45, 7) is 2.24. The molecule has 39 heavy (non-hydrogen) atoms. The van der Waals surface area contributed by atoms with Gasteiger partial charge in [-0.05, 0) is 42.0 Å². The van der Waals surface area contributed by atoms with Gasteiger partial charge in [-0.3, -0.25) is 0 Å². The lowest BCUT2D eigenvalue weighted by Crippen LogP contribution is -2.44. The molecule has 7 rings (SSSR count). The minimum Gasteiger partial charge on any atom is -0.481 e. The second kappa shape index (κ2) is 9.50. The van der Waals surface area contributed by atoms with E-state index >= 15 is 0 Å². The molecule has 4 heterocycles. The monoisotopic (exact) mass is 541 g/mol.